The van der Waals surface area contributed by atoms with E-state index in [0.29, 0.717) is 11.8 Å². The Balaban J connectivity index is 1.93. The van der Waals surface area contributed by atoms with Gasteiger partial charge in [-0.25, -0.2) is 0 Å². The second-order valence-corrected chi connectivity index (χ2v) is 5.53. The molecule has 0 saturated carbocycles. The molecule has 5 heteroatoms. The summed E-state index contributed by atoms with van der Waals surface area (Å²) in [5.41, 5.74) is 4.19. The van der Waals surface area contributed by atoms with Crippen molar-refractivity contribution < 1.29 is 4.42 Å². The molecule has 2 heterocycles. The van der Waals surface area contributed by atoms with E-state index in [9.17, 15) is 0 Å². The van der Waals surface area contributed by atoms with Crippen molar-refractivity contribution in [3.05, 3.63) is 65.3 Å². The van der Waals surface area contributed by atoms with Crippen molar-refractivity contribution >= 4 is 12.6 Å². The minimum Gasteiger partial charge on any atom is -0.419 e. The SMILES string of the molecule is Cc1cc(C)cc(-c2nnc(C(S)c3cccnc3)o2)c1. The smallest absolute Gasteiger partial charge is 0.247 e. The van der Waals surface area contributed by atoms with Gasteiger partial charge in [0.25, 0.3) is 0 Å². The maximum absolute atomic E-state index is 5.77. The molecule has 3 aromatic rings. The molecule has 4 nitrogen and oxygen atoms in total. The summed E-state index contributed by atoms with van der Waals surface area (Å²) in [5, 5.41) is 7.96. The highest BCUT2D eigenvalue weighted by molar-refractivity contribution is 7.80. The number of aryl methyl sites for hydroxylation is 2. The van der Waals surface area contributed by atoms with E-state index in [4.69, 9.17) is 4.42 Å². The molecule has 0 bridgehead atoms. The maximum Gasteiger partial charge on any atom is 0.247 e. The van der Waals surface area contributed by atoms with Gasteiger partial charge in [0.2, 0.25) is 11.8 Å². The van der Waals surface area contributed by atoms with E-state index in [2.05, 4.69) is 33.9 Å². The van der Waals surface area contributed by atoms with Crippen LogP contribution in [0.2, 0.25) is 0 Å². The van der Waals surface area contributed by atoms with E-state index >= 15 is 0 Å². The third-order valence-corrected chi connectivity index (χ3v) is 3.66. The molecule has 1 aromatic carbocycles. The predicted octanol–water partition coefficient (Wildman–Crippen LogP) is 3.77. The lowest BCUT2D eigenvalue weighted by Gasteiger charge is -2.05. The Morgan fingerprint density at radius 3 is 2.52 bits per heavy atom. The average Bonchev–Trinajstić information content (AvgIpc) is 2.96. The lowest BCUT2D eigenvalue weighted by molar-refractivity contribution is 0.515. The quantitative estimate of drug-likeness (QED) is 0.748. The molecule has 0 spiro atoms. The van der Waals surface area contributed by atoms with E-state index in [0.717, 1.165) is 11.1 Å². The first-order valence-corrected chi connectivity index (χ1v) is 7.15. The molecule has 0 fully saturated rings. The topological polar surface area (TPSA) is 51.8 Å². The number of hydrogen-bond donors (Lipinski definition) is 1. The zero-order chi connectivity index (χ0) is 14.8. The largest absolute Gasteiger partial charge is 0.419 e. The molecule has 2 aromatic heterocycles. The number of pyridine rings is 1. The molecule has 0 aliphatic heterocycles. The van der Waals surface area contributed by atoms with Crippen LogP contribution in [0.3, 0.4) is 0 Å². The summed E-state index contributed by atoms with van der Waals surface area (Å²) in [7, 11) is 0. The number of benzene rings is 1. The van der Waals surface area contributed by atoms with Crippen molar-refractivity contribution in [2.24, 2.45) is 0 Å². The first-order chi connectivity index (χ1) is 10.1. The van der Waals surface area contributed by atoms with E-state index in [-0.39, 0.29) is 5.25 Å². The molecule has 0 amide bonds. The fraction of sp³-hybridized carbons (Fsp3) is 0.188. The van der Waals surface area contributed by atoms with Crippen LogP contribution in [0.15, 0.2) is 47.1 Å². The Kier molecular flexibility index (Phi) is 3.75. The predicted molar refractivity (Wildman–Crippen MR) is 84.3 cm³/mol. The van der Waals surface area contributed by atoms with Gasteiger partial charge in [0.1, 0.15) is 5.25 Å². The third kappa shape index (κ3) is 2.97. The van der Waals surface area contributed by atoms with Crippen molar-refractivity contribution in [1.29, 1.82) is 0 Å². The van der Waals surface area contributed by atoms with Gasteiger partial charge in [0.15, 0.2) is 0 Å². The Bertz CT molecular complexity index is 735. The van der Waals surface area contributed by atoms with E-state index in [1.54, 1.807) is 12.4 Å². The highest BCUT2D eigenvalue weighted by Gasteiger charge is 2.18. The number of hydrogen-bond acceptors (Lipinski definition) is 5. The molecule has 21 heavy (non-hydrogen) atoms. The van der Waals surface area contributed by atoms with Gasteiger partial charge in [-0.15, -0.1) is 10.2 Å². The number of nitrogens with zero attached hydrogens (tertiary/aromatic N) is 3. The zero-order valence-corrected chi connectivity index (χ0v) is 12.7. The highest BCUT2D eigenvalue weighted by Crippen LogP contribution is 2.29. The lowest BCUT2D eigenvalue weighted by Crippen LogP contribution is -1.94. The summed E-state index contributed by atoms with van der Waals surface area (Å²) in [6.45, 7) is 4.09. The van der Waals surface area contributed by atoms with Crippen molar-refractivity contribution in [3.63, 3.8) is 0 Å². The standard InChI is InChI=1S/C16H15N3OS/c1-10-6-11(2)8-13(7-10)15-18-19-16(20-15)14(21)12-4-3-5-17-9-12/h3-9,14,21H,1-2H3. The number of rotatable bonds is 3. The Labute approximate surface area is 128 Å². The minimum atomic E-state index is -0.272. The van der Waals surface area contributed by atoms with Gasteiger partial charge < -0.3 is 4.42 Å². The maximum atomic E-state index is 5.77. The molecule has 0 aliphatic carbocycles. The fourth-order valence-electron chi connectivity index (χ4n) is 2.24. The normalized spacial score (nSPS) is 12.3. The second-order valence-electron chi connectivity index (χ2n) is 5.01. The van der Waals surface area contributed by atoms with Gasteiger partial charge in [-0.3, -0.25) is 4.98 Å². The van der Waals surface area contributed by atoms with Crippen LogP contribution in [0.1, 0.15) is 27.8 Å². The molecule has 0 aliphatic rings. The molecule has 106 valence electrons. The van der Waals surface area contributed by atoms with Crippen LogP contribution in [0.25, 0.3) is 11.5 Å². The van der Waals surface area contributed by atoms with Gasteiger partial charge in [0.05, 0.1) is 0 Å². The van der Waals surface area contributed by atoms with Crippen LogP contribution in [-0.2, 0) is 0 Å². The van der Waals surface area contributed by atoms with Crippen molar-refractivity contribution in [1.82, 2.24) is 15.2 Å². The van der Waals surface area contributed by atoms with Gasteiger partial charge in [-0.2, -0.15) is 12.6 Å². The summed E-state index contributed by atoms with van der Waals surface area (Å²) in [6, 6.07) is 9.96. The highest BCUT2D eigenvalue weighted by atomic mass is 32.1. The molecule has 0 radical (unpaired) electrons. The van der Waals surface area contributed by atoms with E-state index < -0.39 is 0 Å². The Morgan fingerprint density at radius 1 is 1.10 bits per heavy atom. The summed E-state index contributed by atoms with van der Waals surface area (Å²) in [6.07, 6.45) is 3.47. The van der Waals surface area contributed by atoms with Crippen LogP contribution in [-0.4, -0.2) is 15.2 Å². The van der Waals surface area contributed by atoms with Crippen molar-refractivity contribution in [3.8, 4) is 11.5 Å². The minimum absolute atomic E-state index is 0.272. The first-order valence-electron chi connectivity index (χ1n) is 6.63. The zero-order valence-electron chi connectivity index (χ0n) is 11.8. The van der Waals surface area contributed by atoms with E-state index in [1.165, 1.54) is 11.1 Å². The monoisotopic (exact) mass is 297 g/mol. The van der Waals surface area contributed by atoms with Gasteiger partial charge in [-0.1, -0.05) is 23.3 Å². The molecular formula is C16H15N3OS. The number of aromatic nitrogens is 3. The summed E-state index contributed by atoms with van der Waals surface area (Å²) in [5.74, 6) is 0.986. The molecule has 1 unspecified atom stereocenters. The van der Waals surface area contributed by atoms with Gasteiger partial charge in [-0.05, 0) is 37.6 Å². The fourth-order valence-corrected chi connectivity index (χ4v) is 2.50. The van der Waals surface area contributed by atoms with Crippen LogP contribution in [0.5, 0.6) is 0 Å². The first kappa shape index (κ1) is 13.8. The van der Waals surface area contributed by atoms with Gasteiger partial charge >= 0.3 is 0 Å². The van der Waals surface area contributed by atoms with Crippen LogP contribution in [0, 0.1) is 13.8 Å². The van der Waals surface area contributed by atoms with E-state index in [1.807, 2.05) is 38.1 Å². The average molecular weight is 297 g/mol. The van der Waals surface area contributed by atoms with Crippen LogP contribution >= 0.6 is 12.6 Å². The lowest BCUT2D eigenvalue weighted by atomic mass is 10.1. The Hall–Kier alpha value is -2.14. The molecule has 0 N–H and O–H groups in total. The van der Waals surface area contributed by atoms with Crippen LogP contribution < -0.4 is 0 Å². The molecule has 1 atom stereocenters. The van der Waals surface area contributed by atoms with Crippen molar-refractivity contribution in [2.45, 2.75) is 19.1 Å². The second kappa shape index (κ2) is 5.69. The number of thiol groups is 1. The summed E-state index contributed by atoms with van der Waals surface area (Å²) in [4.78, 5) is 4.08. The summed E-state index contributed by atoms with van der Waals surface area (Å²) >= 11 is 4.54. The summed E-state index contributed by atoms with van der Waals surface area (Å²) < 4.78 is 5.77. The molecule has 0 saturated heterocycles. The third-order valence-electron chi connectivity index (χ3n) is 3.14. The van der Waals surface area contributed by atoms with Crippen LogP contribution in [0.4, 0.5) is 0 Å². The molecule has 3 rings (SSSR count). The van der Waals surface area contributed by atoms with Gasteiger partial charge in [0, 0.05) is 18.0 Å². The Morgan fingerprint density at radius 2 is 1.86 bits per heavy atom. The molecular weight excluding hydrogens is 282 g/mol. The van der Waals surface area contributed by atoms with Crippen molar-refractivity contribution in [2.75, 3.05) is 0 Å².